The Morgan fingerprint density at radius 2 is 1.76 bits per heavy atom. The van der Waals surface area contributed by atoms with Gasteiger partial charge in [-0.1, -0.05) is 12.1 Å². The van der Waals surface area contributed by atoms with Crippen LogP contribution in [0, 0.1) is 0 Å². The second-order valence-electron chi connectivity index (χ2n) is 10.0. The van der Waals surface area contributed by atoms with Crippen LogP contribution in [0.2, 0.25) is 0 Å². The summed E-state index contributed by atoms with van der Waals surface area (Å²) in [5.41, 5.74) is -3.22. The van der Waals surface area contributed by atoms with Crippen LogP contribution in [0.4, 0.5) is 0 Å². The van der Waals surface area contributed by atoms with Gasteiger partial charge in [-0.3, -0.25) is 14.4 Å². The van der Waals surface area contributed by atoms with Gasteiger partial charge in [-0.25, -0.2) is 0 Å². The number of fused-ring (bicyclic) bond motifs is 3. The molecule has 11 heteroatoms. The Kier molecular flexibility index (Phi) is 6.32. The third kappa shape index (κ3) is 3.81. The maximum atomic E-state index is 13.6. The first-order valence-corrected chi connectivity index (χ1v) is 12.2. The number of Topliss-reactive ketones (excluding diaryl/α,β-unsaturated/α-hetero) is 1. The molecule has 0 radical (unpaired) electrons. The number of aliphatic hydroxyl groups excluding tert-OH is 2. The van der Waals surface area contributed by atoms with Crippen molar-refractivity contribution in [3.8, 4) is 17.2 Å². The van der Waals surface area contributed by atoms with Crippen molar-refractivity contribution < 1.29 is 54.1 Å². The number of ether oxygens (including phenoxy) is 3. The first kappa shape index (κ1) is 26.3. The van der Waals surface area contributed by atoms with E-state index in [-0.39, 0.29) is 40.8 Å². The topological polar surface area (TPSA) is 180 Å². The van der Waals surface area contributed by atoms with E-state index >= 15 is 0 Å². The minimum atomic E-state index is -2.03. The zero-order valence-corrected chi connectivity index (χ0v) is 20.9. The summed E-state index contributed by atoms with van der Waals surface area (Å²) in [6, 6.07) is 4.40. The molecule has 2 aromatic carbocycles. The Hall–Kier alpha value is -3.35. The molecule has 2 aromatic rings. The fourth-order valence-electron chi connectivity index (χ4n) is 5.60. The molecular weight excluding hydrogens is 500 g/mol. The van der Waals surface area contributed by atoms with E-state index in [0.29, 0.717) is 0 Å². The minimum absolute atomic E-state index is 0.0286. The fourth-order valence-corrected chi connectivity index (χ4v) is 5.60. The molecule has 11 nitrogen and oxygen atoms in total. The van der Waals surface area contributed by atoms with E-state index in [1.807, 2.05) is 0 Å². The molecule has 5 rings (SSSR count). The van der Waals surface area contributed by atoms with Crippen LogP contribution in [-0.2, 0) is 20.7 Å². The number of aromatic hydroxyl groups is 2. The number of hydrogen-bond donors (Lipinski definition) is 5. The molecule has 0 unspecified atom stereocenters. The summed E-state index contributed by atoms with van der Waals surface area (Å²) >= 11 is 0. The van der Waals surface area contributed by atoms with Gasteiger partial charge < -0.3 is 39.7 Å². The molecule has 0 saturated carbocycles. The van der Waals surface area contributed by atoms with Crippen molar-refractivity contribution in [2.75, 3.05) is 7.11 Å². The Bertz CT molecular complexity index is 1350. The molecule has 1 heterocycles. The molecule has 1 fully saturated rings. The summed E-state index contributed by atoms with van der Waals surface area (Å²) in [5.74, 6) is -3.31. The lowest BCUT2D eigenvalue weighted by atomic mass is 9.72. The van der Waals surface area contributed by atoms with E-state index < -0.39 is 82.7 Å². The van der Waals surface area contributed by atoms with E-state index in [0.717, 1.165) is 6.92 Å². The van der Waals surface area contributed by atoms with Gasteiger partial charge in [-0.2, -0.15) is 0 Å². The van der Waals surface area contributed by atoms with Crippen LogP contribution in [0.5, 0.6) is 17.2 Å². The molecule has 0 spiro atoms. The van der Waals surface area contributed by atoms with Crippen LogP contribution in [0.15, 0.2) is 18.2 Å². The molecular formula is C27H28O11. The third-order valence-electron chi connectivity index (χ3n) is 7.72. The lowest BCUT2D eigenvalue weighted by Gasteiger charge is -2.41. The summed E-state index contributed by atoms with van der Waals surface area (Å²) < 4.78 is 16.9. The number of phenols is 2. The van der Waals surface area contributed by atoms with Crippen molar-refractivity contribution in [2.45, 2.75) is 69.4 Å². The van der Waals surface area contributed by atoms with E-state index in [9.17, 15) is 39.9 Å². The zero-order valence-electron chi connectivity index (χ0n) is 20.9. The minimum Gasteiger partial charge on any atom is -0.507 e. The Morgan fingerprint density at radius 1 is 1.08 bits per heavy atom. The molecule has 38 heavy (non-hydrogen) atoms. The van der Waals surface area contributed by atoms with Crippen LogP contribution in [0.3, 0.4) is 0 Å². The molecule has 202 valence electrons. The average Bonchev–Trinajstić information content (AvgIpc) is 2.87. The number of aliphatic hydroxyl groups is 3. The number of rotatable bonds is 4. The first-order valence-electron chi connectivity index (χ1n) is 12.2. The number of phenolic OH excluding ortho intramolecular Hbond substituents is 2. The molecule has 1 aliphatic heterocycles. The predicted molar refractivity (Wildman–Crippen MR) is 128 cm³/mol. The molecule has 0 aromatic heterocycles. The second kappa shape index (κ2) is 9.14. The van der Waals surface area contributed by atoms with Crippen molar-refractivity contribution in [3.05, 3.63) is 51.6 Å². The highest BCUT2D eigenvalue weighted by molar-refractivity contribution is 6.31. The summed E-state index contributed by atoms with van der Waals surface area (Å²) in [4.78, 5) is 39.5. The van der Waals surface area contributed by atoms with Gasteiger partial charge >= 0.3 is 0 Å². The first-order chi connectivity index (χ1) is 17.9. The number of carbonyl (C=O) groups excluding carboxylic acids is 3. The second-order valence-corrected chi connectivity index (χ2v) is 10.0. The van der Waals surface area contributed by atoms with Crippen molar-refractivity contribution >= 4 is 17.3 Å². The fraction of sp³-hybridized carbons (Fsp3) is 0.444. The third-order valence-corrected chi connectivity index (χ3v) is 7.72. The van der Waals surface area contributed by atoms with Gasteiger partial charge in [0.1, 0.15) is 29.0 Å². The van der Waals surface area contributed by atoms with Gasteiger partial charge in [-0.15, -0.1) is 0 Å². The van der Waals surface area contributed by atoms with E-state index in [2.05, 4.69) is 0 Å². The maximum Gasteiger partial charge on any atom is 0.202 e. The highest BCUT2D eigenvalue weighted by atomic mass is 16.7. The van der Waals surface area contributed by atoms with Gasteiger partial charge in [-0.05, 0) is 19.9 Å². The molecule has 2 aliphatic carbocycles. The van der Waals surface area contributed by atoms with Crippen LogP contribution < -0.4 is 4.74 Å². The van der Waals surface area contributed by atoms with Crippen LogP contribution in [0.25, 0.3) is 0 Å². The summed E-state index contributed by atoms with van der Waals surface area (Å²) in [6.07, 6.45) is -6.53. The van der Waals surface area contributed by atoms with E-state index in [1.54, 1.807) is 0 Å². The predicted octanol–water partition coefficient (Wildman–Crippen LogP) is 1.06. The molecule has 0 bridgehead atoms. The van der Waals surface area contributed by atoms with Gasteiger partial charge in [0, 0.05) is 36.0 Å². The molecule has 0 amide bonds. The smallest absolute Gasteiger partial charge is 0.202 e. The van der Waals surface area contributed by atoms with Crippen molar-refractivity contribution in [1.29, 1.82) is 0 Å². The average molecular weight is 529 g/mol. The zero-order chi connectivity index (χ0) is 27.7. The summed E-state index contributed by atoms with van der Waals surface area (Å²) in [7, 11) is 1.33. The van der Waals surface area contributed by atoms with Gasteiger partial charge in [0.05, 0.1) is 42.1 Å². The number of carbonyl (C=O) groups is 3. The molecule has 6 atom stereocenters. The molecule has 3 aliphatic rings. The number of hydrogen-bond acceptors (Lipinski definition) is 11. The Balaban J connectivity index is 1.68. The lowest BCUT2D eigenvalue weighted by Crippen LogP contribution is -2.49. The standard InChI is InChI=1S/C27H28O11/c1-10-22(30)14(29)7-17(37-10)38-16-9-27(35,11(2)28)8-13-19(16)26(34)21-20(24(13)32)23(31)12-5-4-6-15(36-3)18(12)25(21)33/h4-6,10,14,16-17,22,29-30,32,34-35H,7-9H2,1-3H3/t10-,14-,16+,17-,22-,27+/m1/s1. The monoisotopic (exact) mass is 528 g/mol. The summed E-state index contributed by atoms with van der Waals surface area (Å²) in [6.45, 7) is 2.69. The SMILES string of the molecule is COc1cccc2c1C(=O)c1c(O)c3c(c(O)c1C2=O)C[C@@](O)(C(C)=O)C[C@@H]3O[C@@H]1C[C@@H](O)[C@H](O)[C@@H](C)O1. The Morgan fingerprint density at radius 3 is 2.39 bits per heavy atom. The van der Waals surface area contributed by atoms with Gasteiger partial charge in [0.25, 0.3) is 0 Å². The number of benzene rings is 2. The maximum absolute atomic E-state index is 13.6. The van der Waals surface area contributed by atoms with E-state index in [4.69, 9.17) is 14.2 Å². The number of methoxy groups -OCH3 is 1. The highest BCUT2D eigenvalue weighted by Gasteiger charge is 2.49. The van der Waals surface area contributed by atoms with Gasteiger partial charge in [0.2, 0.25) is 5.78 Å². The Labute approximate surface area is 217 Å². The quantitative estimate of drug-likeness (QED) is 0.306. The highest BCUT2D eigenvalue weighted by Crippen LogP contribution is 2.52. The lowest BCUT2D eigenvalue weighted by molar-refractivity contribution is -0.265. The van der Waals surface area contributed by atoms with Crippen molar-refractivity contribution in [1.82, 2.24) is 0 Å². The number of ketones is 3. The van der Waals surface area contributed by atoms with Crippen molar-refractivity contribution in [2.24, 2.45) is 0 Å². The largest absolute Gasteiger partial charge is 0.507 e. The molecule has 5 N–H and O–H groups in total. The van der Waals surface area contributed by atoms with Crippen molar-refractivity contribution in [3.63, 3.8) is 0 Å². The molecule has 1 saturated heterocycles. The van der Waals surface area contributed by atoms with Gasteiger partial charge in [0.15, 0.2) is 17.9 Å². The van der Waals surface area contributed by atoms with Crippen LogP contribution in [0.1, 0.15) is 75.8 Å². The van der Waals surface area contributed by atoms with Crippen LogP contribution >= 0.6 is 0 Å². The summed E-state index contributed by atoms with van der Waals surface area (Å²) in [5, 5.41) is 54.1. The van der Waals surface area contributed by atoms with E-state index in [1.165, 1.54) is 32.2 Å². The van der Waals surface area contributed by atoms with Crippen LogP contribution in [-0.4, -0.2) is 80.2 Å². The normalized spacial score (nSPS) is 30.3.